The first-order chi connectivity index (χ1) is 15.3. The lowest BCUT2D eigenvalue weighted by atomic mass is 9.99. The molecule has 172 valence electrons. The first-order valence-corrected chi connectivity index (χ1v) is 10.8. The van der Waals surface area contributed by atoms with Gasteiger partial charge in [-0.25, -0.2) is 4.79 Å². The van der Waals surface area contributed by atoms with Gasteiger partial charge in [-0.2, -0.15) is 0 Å². The average Bonchev–Trinajstić information content (AvgIpc) is 2.76. The van der Waals surface area contributed by atoms with Crippen LogP contribution in [0.3, 0.4) is 0 Å². The van der Waals surface area contributed by atoms with Gasteiger partial charge in [-0.15, -0.1) is 0 Å². The number of hydrogen-bond acceptors (Lipinski definition) is 5. The summed E-state index contributed by atoms with van der Waals surface area (Å²) in [6.45, 7) is 4.82. The fraction of sp³-hybridized carbons (Fsp3) is 0.417. The third-order valence-corrected chi connectivity index (χ3v) is 5.52. The molecule has 3 rings (SSSR count). The van der Waals surface area contributed by atoms with Crippen molar-refractivity contribution < 1.29 is 19.4 Å². The van der Waals surface area contributed by atoms with E-state index < -0.39 is 6.03 Å². The number of nitrogens with one attached hydrogen (secondary N) is 2. The summed E-state index contributed by atoms with van der Waals surface area (Å²) >= 11 is 0. The molecule has 0 aromatic heterocycles. The molecule has 8 heteroatoms. The van der Waals surface area contributed by atoms with Crippen molar-refractivity contribution in [1.29, 1.82) is 0 Å². The van der Waals surface area contributed by atoms with Crippen molar-refractivity contribution in [1.82, 2.24) is 9.80 Å². The van der Waals surface area contributed by atoms with E-state index in [0.29, 0.717) is 35.8 Å². The van der Waals surface area contributed by atoms with Crippen LogP contribution in [0.4, 0.5) is 16.2 Å². The lowest BCUT2D eigenvalue weighted by Gasteiger charge is -2.38. The van der Waals surface area contributed by atoms with Gasteiger partial charge in [0, 0.05) is 24.7 Å². The lowest BCUT2D eigenvalue weighted by Crippen LogP contribution is -2.49. The predicted molar refractivity (Wildman–Crippen MR) is 125 cm³/mol. The van der Waals surface area contributed by atoms with Gasteiger partial charge >= 0.3 is 6.03 Å². The Morgan fingerprint density at radius 2 is 1.91 bits per heavy atom. The molecule has 32 heavy (non-hydrogen) atoms. The SMILES string of the molecule is C[C@H](CO)N1C[C@H](C)[C@@H](CN(C)C)Oc2c(NC(=O)Nc3ccccc3)cccc2C1=O. The number of aliphatic hydroxyl groups is 1. The number of para-hydroxylation sites is 2. The molecule has 3 amide bonds. The first-order valence-electron chi connectivity index (χ1n) is 10.8. The van der Waals surface area contributed by atoms with Gasteiger partial charge in [-0.3, -0.25) is 4.79 Å². The van der Waals surface area contributed by atoms with E-state index in [4.69, 9.17) is 4.74 Å². The molecule has 0 aliphatic carbocycles. The molecule has 0 radical (unpaired) electrons. The van der Waals surface area contributed by atoms with Crippen molar-refractivity contribution in [2.24, 2.45) is 5.92 Å². The monoisotopic (exact) mass is 440 g/mol. The van der Waals surface area contributed by atoms with Crippen molar-refractivity contribution in [2.45, 2.75) is 26.0 Å². The van der Waals surface area contributed by atoms with E-state index >= 15 is 0 Å². The molecule has 0 fully saturated rings. The second-order valence-corrected chi connectivity index (χ2v) is 8.51. The summed E-state index contributed by atoms with van der Waals surface area (Å²) < 4.78 is 6.38. The molecule has 3 N–H and O–H groups in total. The van der Waals surface area contributed by atoms with E-state index in [1.807, 2.05) is 51.0 Å². The molecule has 1 aliphatic heterocycles. The Morgan fingerprint density at radius 1 is 1.19 bits per heavy atom. The van der Waals surface area contributed by atoms with Crippen LogP contribution in [-0.4, -0.2) is 72.8 Å². The maximum Gasteiger partial charge on any atom is 0.323 e. The van der Waals surface area contributed by atoms with E-state index in [9.17, 15) is 14.7 Å². The van der Waals surface area contributed by atoms with Gasteiger partial charge in [0.15, 0.2) is 5.75 Å². The van der Waals surface area contributed by atoms with E-state index in [1.54, 1.807) is 35.2 Å². The number of anilines is 2. The summed E-state index contributed by atoms with van der Waals surface area (Å²) in [5.74, 6) is 0.118. The number of benzene rings is 2. The highest BCUT2D eigenvalue weighted by Crippen LogP contribution is 2.35. The van der Waals surface area contributed by atoms with Gasteiger partial charge in [0.05, 0.1) is 23.9 Å². The Hall–Kier alpha value is -3.10. The smallest absolute Gasteiger partial charge is 0.323 e. The van der Waals surface area contributed by atoms with Gasteiger partial charge in [0.25, 0.3) is 5.91 Å². The van der Waals surface area contributed by atoms with Crippen molar-refractivity contribution in [3.05, 3.63) is 54.1 Å². The Morgan fingerprint density at radius 3 is 2.56 bits per heavy atom. The van der Waals surface area contributed by atoms with Gasteiger partial charge < -0.3 is 30.3 Å². The Bertz CT molecular complexity index is 935. The van der Waals surface area contributed by atoms with E-state index in [2.05, 4.69) is 10.6 Å². The number of rotatable bonds is 6. The molecule has 0 unspecified atom stereocenters. The van der Waals surface area contributed by atoms with Crippen LogP contribution in [0.15, 0.2) is 48.5 Å². The summed E-state index contributed by atoms with van der Waals surface area (Å²) in [7, 11) is 3.93. The molecule has 0 saturated heterocycles. The number of urea groups is 1. The normalized spacial score (nSPS) is 19.4. The number of hydrogen-bond donors (Lipinski definition) is 3. The number of likely N-dealkylation sites (N-methyl/N-ethyl adjacent to an activating group) is 1. The molecule has 2 aromatic rings. The molecule has 8 nitrogen and oxygen atoms in total. The number of nitrogens with zero attached hydrogens (tertiary/aromatic N) is 2. The van der Waals surface area contributed by atoms with Crippen LogP contribution in [0.25, 0.3) is 0 Å². The minimum Gasteiger partial charge on any atom is -0.486 e. The molecular weight excluding hydrogens is 408 g/mol. The van der Waals surface area contributed by atoms with Crippen LogP contribution in [0, 0.1) is 5.92 Å². The quantitative estimate of drug-likeness (QED) is 0.642. The highest BCUT2D eigenvalue weighted by atomic mass is 16.5. The molecule has 0 spiro atoms. The minimum atomic E-state index is -0.430. The van der Waals surface area contributed by atoms with E-state index in [1.165, 1.54) is 0 Å². The van der Waals surface area contributed by atoms with Crippen molar-refractivity contribution >= 4 is 23.3 Å². The van der Waals surface area contributed by atoms with Crippen LogP contribution in [0.1, 0.15) is 24.2 Å². The summed E-state index contributed by atoms with van der Waals surface area (Å²) in [5.41, 5.74) is 1.43. The Labute approximate surface area is 189 Å². The number of amides is 3. The number of carbonyl (C=O) groups is 2. The van der Waals surface area contributed by atoms with Crippen molar-refractivity contribution in [3.8, 4) is 5.75 Å². The second-order valence-electron chi connectivity index (χ2n) is 8.51. The maximum atomic E-state index is 13.4. The molecule has 0 bridgehead atoms. The molecule has 1 heterocycles. The van der Waals surface area contributed by atoms with E-state index in [-0.39, 0.29) is 30.6 Å². The first kappa shape index (κ1) is 23.6. The largest absolute Gasteiger partial charge is 0.486 e. The zero-order chi connectivity index (χ0) is 23.3. The number of carbonyl (C=O) groups excluding carboxylic acids is 2. The van der Waals surface area contributed by atoms with Gasteiger partial charge in [0.2, 0.25) is 0 Å². The predicted octanol–water partition coefficient (Wildman–Crippen LogP) is 3.11. The van der Waals surface area contributed by atoms with Crippen LogP contribution < -0.4 is 15.4 Å². The summed E-state index contributed by atoms with van der Waals surface area (Å²) in [5, 5.41) is 15.3. The number of ether oxygens (including phenoxy) is 1. The van der Waals surface area contributed by atoms with Crippen molar-refractivity contribution in [2.75, 3.05) is 44.4 Å². The molecular formula is C24H32N4O4. The Balaban J connectivity index is 1.96. The van der Waals surface area contributed by atoms with Crippen LogP contribution in [0.5, 0.6) is 5.75 Å². The fourth-order valence-corrected chi connectivity index (χ4v) is 3.73. The number of fused-ring (bicyclic) bond motifs is 1. The Kier molecular flexibility index (Phi) is 7.71. The summed E-state index contributed by atoms with van der Waals surface area (Å²) in [6, 6.07) is 13.5. The highest BCUT2D eigenvalue weighted by Gasteiger charge is 2.34. The standard InChI is InChI=1S/C24H32N4O4/c1-16-13-28(17(2)15-29)23(30)19-11-8-12-20(22(19)32-21(16)14-27(3)4)26-24(31)25-18-9-6-5-7-10-18/h5-12,16-17,21,29H,13-15H2,1-4H3,(H2,25,26,31)/t16-,17+,21+/m0/s1. The molecule has 1 aliphatic rings. The lowest BCUT2D eigenvalue weighted by molar-refractivity contribution is 0.0365. The fourth-order valence-electron chi connectivity index (χ4n) is 3.73. The highest BCUT2D eigenvalue weighted by molar-refractivity contribution is 6.04. The van der Waals surface area contributed by atoms with Crippen molar-refractivity contribution in [3.63, 3.8) is 0 Å². The van der Waals surface area contributed by atoms with E-state index in [0.717, 1.165) is 0 Å². The van der Waals surface area contributed by atoms with Crippen LogP contribution in [0.2, 0.25) is 0 Å². The number of aliphatic hydroxyl groups excluding tert-OH is 1. The summed E-state index contributed by atoms with van der Waals surface area (Å²) in [4.78, 5) is 29.7. The molecule has 3 atom stereocenters. The minimum absolute atomic E-state index is 0.00898. The topological polar surface area (TPSA) is 94.1 Å². The third kappa shape index (κ3) is 5.57. The maximum absolute atomic E-state index is 13.4. The van der Waals surface area contributed by atoms with Gasteiger partial charge in [-0.05, 0) is 45.3 Å². The zero-order valence-corrected chi connectivity index (χ0v) is 19.0. The van der Waals surface area contributed by atoms with Crippen LogP contribution in [-0.2, 0) is 0 Å². The van der Waals surface area contributed by atoms with Crippen LogP contribution >= 0.6 is 0 Å². The van der Waals surface area contributed by atoms with Gasteiger partial charge in [-0.1, -0.05) is 31.2 Å². The molecule has 2 aromatic carbocycles. The van der Waals surface area contributed by atoms with Gasteiger partial charge in [0.1, 0.15) is 6.10 Å². The average molecular weight is 441 g/mol. The second kappa shape index (κ2) is 10.5. The summed E-state index contributed by atoms with van der Waals surface area (Å²) in [6.07, 6.45) is -0.217. The zero-order valence-electron chi connectivity index (χ0n) is 19.0. The third-order valence-electron chi connectivity index (χ3n) is 5.52. The molecule has 0 saturated carbocycles.